The lowest BCUT2D eigenvalue weighted by molar-refractivity contribution is -0.122. The van der Waals surface area contributed by atoms with Crippen molar-refractivity contribution in [3.63, 3.8) is 0 Å². The monoisotopic (exact) mass is 331 g/mol. The fraction of sp³-hybridized carbons (Fsp3) is 0.235. The number of aromatic nitrogens is 1. The molecule has 0 bridgehead atoms. The Bertz CT molecular complexity index is 722. The molecule has 2 amide bonds. The lowest BCUT2D eigenvalue weighted by Crippen LogP contribution is -2.25. The number of nitrogens with one attached hydrogen (secondary N) is 1. The Morgan fingerprint density at radius 1 is 1.38 bits per heavy atom. The molecule has 0 spiro atoms. The van der Waals surface area contributed by atoms with Gasteiger partial charge in [0, 0.05) is 30.6 Å². The maximum Gasteiger partial charge on any atom is 0.253 e. The van der Waals surface area contributed by atoms with Gasteiger partial charge in [0.15, 0.2) is 0 Å². The van der Waals surface area contributed by atoms with E-state index in [1.54, 1.807) is 31.3 Å². The first kappa shape index (κ1) is 17.4. The third-order valence-corrected chi connectivity index (χ3v) is 3.37. The number of carbonyl (C=O) groups is 2. The number of primary amides is 1. The second kappa shape index (κ2) is 8.05. The fourth-order valence-electron chi connectivity index (χ4n) is 1.84. The van der Waals surface area contributed by atoms with Crippen LogP contribution in [0.4, 0.5) is 4.39 Å². The minimum atomic E-state index is -0.509. The summed E-state index contributed by atoms with van der Waals surface area (Å²) in [7, 11) is 0. The zero-order valence-corrected chi connectivity index (χ0v) is 13.2. The Balaban J connectivity index is 1.92. The lowest BCUT2D eigenvalue weighted by Gasteiger charge is -2.11. The second-order valence-electron chi connectivity index (χ2n) is 5.29. The fourth-order valence-corrected chi connectivity index (χ4v) is 1.84. The normalized spacial score (nSPS) is 11.6. The number of carbonyl (C=O) groups excluding carboxylic acids is 2. The molecule has 0 aliphatic rings. The summed E-state index contributed by atoms with van der Waals surface area (Å²) in [6.45, 7) is 1.74. The molecule has 0 aliphatic heterocycles. The van der Waals surface area contributed by atoms with Gasteiger partial charge in [0.25, 0.3) is 5.91 Å². The molecule has 0 saturated heterocycles. The van der Waals surface area contributed by atoms with Gasteiger partial charge in [0.1, 0.15) is 11.6 Å². The molecule has 0 radical (unpaired) electrons. The molecule has 0 fully saturated rings. The van der Waals surface area contributed by atoms with Crippen molar-refractivity contribution in [1.82, 2.24) is 10.3 Å². The predicted octanol–water partition coefficient (Wildman–Crippen LogP) is 1.65. The molecule has 7 heteroatoms. The number of amides is 2. The number of hydrogen-bond acceptors (Lipinski definition) is 4. The highest BCUT2D eigenvalue weighted by Gasteiger charge is 2.11. The van der Waals surface area contributed by atoms with E-state index < -0.39 is 17.6 Å². The van der Waals surface area contributed by atoms with E-state index in [4.69, 9.17) is 10.5 Å². The van der Waals surface area contributed by atoms with E-state index >= 15 is 0 Å². The van der Waals surface area contributed by atoms with Gasteiger partial charge in [-0.2, -0.15) is 0 Å². The van der Waals surface area contributed by atoms with Gasteiger partial charge in [-0.05, 0) is 18.2 Å². The third kappa shape index (κ3) is 4.77. The van der Waals surface area contributed by atoms with Crippen LogP contribution in [0.1, 0.15) is 22.8 Å². The zero-order valence-electron chi connectivity index (χ0n) is 13.2. The first-order valence-electron chi connectivity index (χ1n) is 7.36. The van der Waals surface area contributed by atoms with Gasteiger partial charge in [0.2, 0.25) is 5.91 Å². The largest absolute Gasteiger partial charge is 0.493 e. The average molecular weight is 331 g/mol. The molecule has 1 heterocycles. The average Bonchev–Trinajstić information content (AvgIpc) is 2.59. The Hall–Kier alpha value is -2.96. The van der Waals surface area contributed by atoms with Crippen molar-refractivity contribution < 1.29 is 18.7 Å². The van der Waals surface area contributed by atoms with E-state index in [1.165, 1.54) is 18.3 Å². The van der Waals surface area contributed by atoms with Gasteiger partial charge in [-0.25, -0.2) is 4.39 Å². The predicted molar refractivity (Wildman–Crippen MR) is 85.7 cm³/mol. The van der Waals surface area contributed by atoms with Crippen molar-refractivity contribution in [1.29, 1.82) is 0 Å². The van der Waals surface area contributed by atoms with Gasteiger partial charge in [-0.1, -0.05) is 13.0 Å². The molecule has 1 aromatic carbocycles. The summed E-state index contributed by atoms with van der Waals surface area (Å²) < 4.78 is 19.4. The molecule has 2 aromatic rings. The smallest absolute Gasteiger partial charge is 0.253 e. The standard InChI is InChI=1S/C17H18FN3O3/c1-11(16(19)22)10-24-14-5-4-12(15(18)7-14)9-21-17(23)13-3-2-6-20-8-13/h2-8,11H,9-10H2,1H3,(H2,19,22)(H,21,23). The molecule has 1 aromatic heterocycles. The summed E-state index contributed by atoms with van der Waals surface area (Å²) >= 11 is 0. The molecule has 24 heavy (non-hydrogen) atoms. The number of rotatable bonds is 7. The van der Waals surface area contributed by atoms with Gasteiger partial charge in [0.05, 0.1) is 18.1 Å². The molecule has 126 valence electrons. The van der Waals surface area contributed by atoms with Crippen LogP contribution in [0, 0.1) is 11.7 Å². The van der Waals surface area contributed by atoms with Crippen LogP contribution in [0.25, 0.3) is 0 Å². The summed E-state index contributed by atoms with van der Waals surface area (Å²) in [5.41, 5.74) is 5.86. The van der Waals surface area contributed by atoms with Crippen LogP contribution in [0.15, 0.2) is 42.7 Å². The lowest BCUT2D eigenvalue weighted by atomic mass is 10.2. The van der Waals surface area contributed by atoms with E-state index in [1.807, 2.05) is 0 Å². The second-order valence-corrected chi connectivity index (χ2v) is 5.29. The zero-order chi connectivity index (χ0) is 17.5. The van der Waals surface area contributed by atoms with E-state index in [9.17, 15) is 14.0 Å². The van der Waals surface area contributed by atoms with Crippen LogP contribution in [-0.4, -0.2) is 23.4 Å². The first-order chi connectivity index (χ1) is 11.5. The van der Waals surface area contributed by atoms with Crippen LogP contribution in [0.2, 0.25) is 0 Å². The molecule has 0 saturated carbocycles. The topological polar surface area (TPSA) is 94.3 Å². The van der Waals surface area contributed by atoms with Crippen LogP contribution in [-0.2, 0) is 11.3 Å². The Morgan fingerprint density at radius 2 is 2.17 bits per heavy atom. The third-order valence-electron chi connectivity index (χ3n) is 3.37. The minimum Gasteiger partial charge on any atom is -0.493 e. The van der Waals surface area contributed by atoms with Gasteiger partial charge >= 0.3 is 0 Å². The van der Waals surface area contributed by atoms with Crippen molar-refractivity contribution in [2.45, 2.75) is 13.5 Å². The maximum atomic E-state index is 14.1. The van der Waals surface area contributed by atoms with Crippen LogP contribution >= 0.6 is 0 Å². The highest BCUT2D eigenvalue weighted by atomic mass is 19.1. The molecule has 1 atom stereocenters. The Labute approximate surface area is 138 Å². The van der Waals surface area contributed by atoms with E-state index in [-0.39, 0.29) is 19.1 Å². The SMILES string of the molecule is CC(COc1ccc(CNC(=O)c2cccnc2)c(F)c1)C(N)=O. The Kier molecular flexibility index (Phi) is 5.83. The number of hydrogen-bond donors (Lipinski definition) is 2. The minimum absolute atomic E-state index is 0.0392. The molecule has 0 aliphatic carbocycles. The van der Waals surface area contributed by atoms with Crippen molar-refractivity contribution in [3.8, 4) is 5.75 Å². The van der Waals surface area contributed by atoms with Crippen molar-refractivity contribution >= 4 is 11.8 Å². The van der Waals surface area contributed by atoms with Gasteiger partial charge < -0.3 is 15.8 Å². The van der Waals surface area contributed by atoms with E-state index in [0.717, 1.165) is 0 Å². The Morgan fingerprint density at radius 3 is 2.79 bits per heavy atom. The number of ether oxygens (including phenoxy) is 1. The highest BCUT2D eigenvalue weighted by Crippen LogP contribution is 2.17. The molecular formula is C17H18FN3O3. The van der Waals surface area contributed by atoms with Gasteiger partial charge in [-0.3, -0.25) is 14.6 Å². The van der Waals surface area contributed by atoms with Crippen molar-refractivity contribution in [2.24, 2.45) is 11.7 Å². The van der Waals surface area contributed by atoms with E-state index in [2.05, 4.69) is 10.3 Å². The summed E-state index contributed by atoms with van der Waals surface area (Å²) in [6, 6.07) is 7.56. The number of nitrogens with zero attached hydrogens (tertiary/aromatic N) is 1. The van der Waals surface area contributed by atoms with Crippen LogP contribution in [0.5, 0.6) is 5.75 Å². The molecular weight excluding hydrogens is 313 g/mol. The first-order valence-corrected chi connectivity index (χ1v) is 7.36. The summed E-state index contributed by atoms with van der Waals surface area (Å²) in [6.07, 6.45) is 3.00. The number of benzene rings is 1. The quantitative estimate of drug-likeness (QED) is 0.806. The van der Waals surface area contributed by atoms with Gasteiger partial charge in [-0.15, -0.1) is 0 Å². The summed E-state index contributed by atoms with van der Waals surface area (Å²) in [5, 5.41) is 2.62. The number of halogens is 1. The molecule has 6 nitrogen and oxygen atoms in total. The van der Waals surface area contributed by atoms with Crippen molar-refractivity contribution in [3.05, 3.63) is 59.7 Å². The molecule has 1 unspecified atom stereocenters. The summed E-state index contributed by atoms with van der Waals surface area (Å²) in [4.78, 5) is 26.7. The maximum absolute atomic E-state index is 14.1. The van der Waals surface area contributed by atoms with E-state index in [0.29, 0.717) is 16.9 Å². The molecule has 2 rings (SSSR count). The molecule has 3 N–H and O–H groups in total. The van der Waals surface area contributed by atoms with Crippen LogP contribution < -0.4 is 15.8 Å². The summed E-state index contributed by atoms with van der Waals surface area (Å²) in [5.74, 6) is -1.50. The number of pyridine rings is 1. The van der Waals surface area contributed by atoms with Crippen molar-refractivity contribution in [2.75, 3.05) is 6.61 Å². The van der Waals surface area contributed by atoms with Crippen LogP contribution in [0.3, 0.4) is 0 Å². The number of nitrogens with two attached hydrogens (primary N) is 1. The highest BCUT2D eigenvalue weighted by molar-refractivity contribution is 5.93.